The van der Waals surface area contributed by atoms with Gasteiger partial charge in [0.2, 0.25) is 11.9 Å². The van der Waals surface area contributed by atoms with Crippen molar-refractivity contribution in [3.63, 3.8) is 0 Å². The Morgan fingerprint density at radius 3 is 2.47 bits per heavy atom. The molecule has 1 heterocycles. The van der Waals surface area contributed by atoms with Gasteiger partial charge in [0.15, 0.2) is 0 Å². The summed E-state index contributed by atoms with van der Waals surface area (Å²) in [6.07, 6.45) is -3.19. The van der Waals surface area contributed by atoms with Crippen LogP contribution in [-0.4, -0.2) is 21.1 Å². The summed E-state index contributed by atoms with van der Waals surface area (Å²) >= 11 is 0. The number of alkyl halides is 3. The van der Waals surface area contributed by atoms with Crippen molar-refractivity contribution in [1.29, 1.82) is 0 Å². The van der Waals surface area contributed by atoms with Crippen molar-refractivity contribution in [3.8, 4) is 0 Å². The van der Waals surface area contributed by atoms with Crippen LogP contribution in [0, 0.1) is 0 Å². The maximum atomic E-state index is 12.3. The van der Waals surface area contributed by atoms with Crippen LogP contribution < -0.4 is 5.32 Å². The lowest BCUT2D eigenvalue weighted by molar-refractivity contribution is -0.137. The highest BCUT2D eigenvalue weighted by Crippen LogP contribution is 2.29. The summed E-state index contributed by atoms with van der Waals surface area (Å²) in [6.45, 7) is 0. The number of hydrogen-bond acceptors (Lipinski definition) is 3. The van der Waals surface area contributed by atoms with Crippen LogP contribution in [0.4, 0.5) is 19.1 Å². The molecule has 0 fully saturated rings. The van der Waals surface area contributed by atoms with Gasteiger partial charge >= 0.3 is 6.18 Å². The second kappa shape index (κ2) is 5.09. The molecule has 1 aromatic carbocycles. The van der Waals surface area contributed by atoms with Crippen LogP contribution in [0.5, 0.6) is 0 Å². The van der Waals surface area contributed by atoms with Crippen LogP contribution in [-0.2, 0) is 17.4 Å². The first-order chi connectivity index (χ1) is 8.95. The molecule has 0 saturated heterocycles. The topological polar surface area (TPSA) is 70.7 Å². The summed E-state index contributed by atoms with van der Waals surface area (Å²) in [5.74, 6) is -0.201. The van der Waals surface area contributed by atoms with Gasteiger partial charge in [0.25, 0.3) is 0 Å². The van der Waals surface area contributed by atoms with Crippen LogP contribution in [0.3, 0.4) is 0 Å². The molecular weight excluding hydrogens is 261 g/mol. The molecule has 0 unspecified atom stereocenters. The number of hydrogen-bond donors (Lipinski definition) is 2. The van der Waals surface area contributed by atoms with E-state index in [0.29, 0.717) is 5.56 Å². The van der Waals surface area contributed by atoms with Crippen LogP contribution in [0.1, 0.15) is 11.1 Å². The van der Waals surface area contributed by atoms with Crippen molar-refractivity contribution in [3.05, 3.63) is 41.7 Å². The Bertz CT molecular complexity index is 548. The normalized spacial score (nSPS) is 11.3. The number of amides is 1. The summed E-state index contributed by atoms with van der Waals surface area (Å²) in [7, 11) is 0. The van der Waals surface area contributed by atoms with E-state index in [-0.39, 0.29) is 12.4 Å². The third kappa shape index (κ3) is 3.54. The quantitative estimate of drug-likeness (QED) is 0.896. The van der Waals surface area contributed by atoms with E-state index in [4.69, 9.17) is 0 Å². The van der Waals surface area contributed by atoms with Gasteiger partial charge in [-0.3, -0.25) is 10.1 Å². The third-order valence-corrected chi connectivity index (χ3v) is 2.32. The number of anilines is 1. The molecule has 0 atom stereocenters. The van der Waals surface area contributed by atoms with Crippen molar-refractivity contribution in [2.24, 2.45) is 0 Å². The van der Waals surface area contributed by atoms with E-state index >= 15 is 0 Å². The smallest absolute Gasteiger partial charge is 0.295 e. The SMILES string of the molecule is O=C(Cc1ccc(C(F)(F)F)cc1)Nc1ncn[nH]1. The number of carbonyl (C=O) groups excluding carboxylic acids is 1. The second-order valence-corrected chi connectivity index (χ2v) is 3.75. The van der Waals surface area contributed by atoms with Crippen molar-refractivity contribution >= 4 is 11.9 Å². The summed E-state index contributed by atoms with van der Waals surface area (Å²) in [6, 6.07) is 4.42. The molecule has 0 aliphatic heterocycles. The predicted octanol–water partition coefficient (Wildman–Crippen LogP) is 2.00. The molecule has 8 heteroatoms. The van der Waals surface area contributed by atoms with Crippen LogP contribution >= 0.6 is 0 Å². The number of H-pyrrole nitrogens is 1. The molecule has 1 aromatic heterocycles. The Labute approximate surface area is 105 Å². The van der Waals surface area contributed by atoms with Crippen molar-refractivity contribution in [2.45, 2.75) is 12.6 Å². The number of aromatic amines is 1. The minimum atomic E-state index is -4.37. The number of nitrogens with zero attached hydrogens (tertiary/aromatic N) is 2. The average molecular weight is 270 g/mol. The number of benzene rings is 1. The second-order valence-electron chi connectivity index (χ2n) is 3.75. The molecule has 2 rings (SSSR count). The predicted molar refractivity (Wildman–Crippen MR) is 60.2 cm³/mol. The molecular formula is C11H9F3N4O. The van der Waals surface area contributed by atoms with E-state index in [2.05, 4.69) is 20.5 Å². The standard InChI is InChI=1S/C11H9F3N4O/c12-11(13,14)8-3-1-7(2-4-8)5-9(19)17-10-15-6-16-18-10/h1-4,6H,5H2,(H2,15,16,17,18,19). The summed E-state index contributed by atoms with van der Waals surface area (Å²) in [5.41, 5.74) is -0.267. The fraction of sp³-hybridized carbons (Fsp3) is 0.182. The van der Waals surface area contributed by atoms with Crippen molar-refractivity contribution < 1.29 is 18.0 Å². The van der Waals surface area contributed by atoms with E-state index < -0.39 is 17.6 Å². The van der Waals surface area contributed by atoms with Gasteiger partial charge in [-0.25, -0.2) is 5.10 Å². The molecule has 0 saturated carbocycles. The van der Waals surface area contributed by atoms with Crippen LogP contribution in [0.2, 0.25) is 0 Å². The zero-order chi connectivity index (χ0) is 13.9. The van der Waals surface area contributed by atoms with Gasteiger partial charge in [0.05, 0.1) is 12.0 Å². The van der Waals surface area contributed by atoms with Gasteiger partial charge in [-0.1, -0.05) is 12.1 Å². The molecule has 0 aliphatic rings. The van der Waals surface area contributed by atoms with E-state index in [1.807, 2.05) is 0 Å². The fourth-order valence-electron chi connectivity index (χ4n) is 1.44. The van der Waals surface area contributed by atoms with Gasteiger partial charge in [-0.05, 0) is 17.7 Å². The highest BCUT2D eigenvalue weighted by atomic mass is 19.4. The maximum absolute atomic E-state index is 12.3. The van der Waals surface area contributed by atoms with E-state index in [1.165, 1.54) is 18.5 Å². The van der Waals surface area contributed by atoms with E-state index in [0.717, 1.165) is 12.1 Å². The van der Waals surface area contributed by atoms with Gasteiger partial charge < -0.3 is 0 Å². The Morgan fingerprint density at radius 1 is 1.26 bits per heavy atom. The lowest BCUT2D eigenvalue weighted by atomic mass is 10.1. The minimum absolute atomic E-state index is 0.0428. The number of carbonyl (C=O) groups is 1. The highest BCUT2D eigenvalue weighted by Gasteiger charge is 2.29. The van der Waals surface area contributed by atoms with Gasteiger partial charge in [-0.15, -0.1) is 0 Å². The number of aromatic nitrogens is 3. The van der Waals surface area contributed by atoms with Crippen molar-refractivity contribution in [1.82, 2.24) is 15.2 Å². The Hall–Kier alpha value is -2.38. The highest BCUT2D eigenvalue weighted by molar-refractivity contribution is 5.90. The molecule has 2 aromatic rings. The Balaban J connectivity index is 1.98. The lowest BCUT2D eigenvalue weighted by Gasteiger charge is -2.07. The average Bonchev–Trinajstić information content (AvgIpc) is 2.81. The number of halogens is 3. The lowest BCUT2D eigenvalue weighted by Crippen LogP contribution is -2.15. The maximum Gasteiger partial charge on any atom is 0.416 e. The molecule has 1 amide bonds. The van der Waals surface area contributed by atoms with Crippen LogP contribution in [0.15, 0.2) is 30.6 Å². The molecule has 19 heavy (non-hydrogen) atoms. The molecule has 100 valence electrons. The molecule has 2 N–H and O–H groups in total. The van der Waals surface area contributed by atoms with Gasteiger partial charge in [0.1, 0.15) is 6.33 Å². The monoisotopic (exact) mass is 270 g/mol. The number of nitrogens with one attached hydrogen (secondary N) is 2. The Morgan fingerprint density at radius 2 is 1.95 bits per heavy atom. The third-order valence-electron chi connectivity index (χ3n) is 2.32. The molecule has 0 bridgehead atoms. The molecule has 0 aliphatic carbocycles. The van der Waals surface area contributed by atoms with Gasteiger partial charge in [-0.2, -0.15) is 23.3 Å². The fourth-order valence-corrected chi connectivity index (χ4v) is 1.44. The largest absolute Gasteiger partial charge is 0.416 e. The van der Waals surface area contributed by atoms with Crippen molar-refractivity contribution in [2.75, 3.05) is 5.32 Å². The summed E-state index contributed by atoms with van der Waals surface area (Å²) in [5, 5.41) is 8.41. The zero-order valence-electron chi connectivity index (χ0n) is 9.53. The first-order valence-electron chi connectivity index (χ1n) is 5.26. The molecule has 5 nitrogen and oxygen atoms in total. The minimum Gasteiger partial charge on any atom is -0.295 e. The molecule has 0 spiro atoms. The first kappa shape index (κ1) is 13.1. The first-order valence-corrected chi connectivity index (χ1v) is 5.26. The number of rotatable bonds is 3. The van der Waals surface area contributed by atoms with Crippen LogP contribution in [0.25, 0.3) is 0 Å². The molecule has 0 radical (unpaired) electrons. The van der Waals surface area contributed by atoms with E-state index in [9.17, 15) is 18.0 Å². The Kier molecular flexibility index (Phi) is 3.50. The summed E-state index contributed by atoms with van der Waals surface area (Å²) in [4.78, 5) is 15.2. The summed E-state index contributed by atoms with van der Waals surface area (Å²) < 4.78 is 37.0. The van der Waals surface area contributed by atoms with Gasteiger partial charge in [0, 0.05) is 0 Å². The van der Waals surface area contributed by atoms with E-state index in [1.54, 1.807) is 0 Å². The zero-order valence-corrected chi connectivity index (χ0v) is 9.53.